The van der Waals surface area contributed by atoms with Crippen molar-refractivity contribution in [3.8, 4) is 0 Å². The molecule has 0 aromatic heterocycles. The van der Waals surface area contributed by atoms with Gasteiger partial charge < -0.3 is 24.8 Å². The van der Waals surface area contributed by atoms with E-state index < -0.39 is 17.5 Å². The first kappa shape index (κ1) is 23.4. The van der Waals surface area contributed by atoms with E-state index in [2.05, 4.69) is 15.6 Å². The van der Waals surface area contributed by atoms with Gasteiger partial charge in [-0.25, -0.2) is 4.79 Å². The number of hydrogen-bond acceptors (Lipinski definition) is 7. The predicted octanol–water partition coefficient (Wildman–Crippen LogP) is 2.65. The molecule has 0 spiro atoms. The average Bonchev–Trinajstić information content (AvgIpc) is 2.79. The molecule has 0 radical (unpaired) electrons. The lowest BCUT2D eigenvalue weighted by Crippen LogP contribution is -2.34. The van der Waals surface area contributed by atoms with Crippen molar-refractivity contribution in [2.75, 3.05) is 14.2 Å². The van der Waals surface area contributed by atoms with Crippen molar-refractivity contribution >= 4 is 23.5 Å². The maximum Gasteiger partial charge on any atom is 0.355 e. The first-order chi connectivity index (χ1) is 14.8. The second-order valence-electron chi connectivity index (χ2n) is 6.55. The smallest absolute Gasteiger partial charge is 0.355 e. The highest BCUT2D eigenvalue weighted by Crippen LogP contribution is 2.26. The van der Waals surface area contributed by atoms with E-state index in [-0.39, 0.29) is 18.2 Å². The highest BCUT2D eigenvalue weighted by molar-refractivity contribution is 6.45. The Bertz CT molecular complexity index is 974. The van der Waals surface area contributed by atoms with Crippen molar-refractivity contribution in [3.63, 3.8) is 0 Å². The van der Waals surface area contributed by atoms with Gasteiger partial charge in [0.05, 0.1) is 0 Å². The molecule has 0 aliphatic rings. The van der Waals surface area contributed by atoms with E-state index in [9.17, 15) is 14.7 Å². The summed E-state index contributed by atoms with van der Waals surface area (Å²) < 4.78 is 5.63. The first-order valence-corrected chi connectivity index (χ1v) is 9.39. The molecule has 2 N–H and O–H groups in total. The summed E-state index contributed by atoms with van der Waals surface area (Å²) in [5.74, 6) is -1.49. The number of nitrogens with one attached hydrogen (secondary N) is 1. The van der Waals surface area contributed by atoms with Crippen LogP contribution in [0.25, 0.3) is 0 Å². The number of carboxylic acids is 1. The number of oxime groups is 2. The summed E-state index contributed by atoms with van der Waals surface area (Å²) in [6.07, 6.45) is 0. The first-order valence-electron chi connectivity index (χ1n) is 9.39. The second-order valence-corrected chi connectivity index (χ2v) is 6.55. The number of hydrogen-bond donors (Lipinski definition) is 2. The van der Waals surface area contributed by atoms with E-state index in [0.29, 0.717) is 16.7 Å². The minimum absolute atomic E-state index is 0.0454. The Morgan fingerprint density at radius 1 is 1.06 bits per heavy atom. The van der Waals surface area contributed by atoms with Crippen LogP contribution in [-0.4, -0.2) is 42.7 Å². The third kappa shape index (κ3) is 5.81. The van der Waals surface area contributed by atoms with Gasteiger partial charge in [-0.15, -0.1) is 0 Å². The zero-order valence-corrected chi connectivity index (χ0v) is 17.8. The molecule has 0 saturated heterocycles. The quantitative estimate of drug-likeness (QED) is 0.361. The second kappa shape index (κ2) is 10.8. The molecule has 2 aromatic rings. The molecule has 0 bridgehead atoms. The van der Waals surface area contributed by atoms with Crippen LogP contribution in [0.15, 0.2) is 64.9 Å². The van der Waals surface area contributed by atoms with Crippen molar-refractivity contribution in [3.05, 3.63) is 71.3 Å². The van der Waals surface area contributed by atoms with Crippen LogP contribution in [0.3, 0.4) is 0 Å². The highest BCUT2D eigenvalue weighted by Gasteiger charge is 2.38. The number of carboxylic acid groups (broad SMARTS) is 1. The lowest BCUT2D eigenvalue weighted by atomic mass is 9.96. The fourth-order valence-electron chi connectivity index (χ4n) is 2.64. The minimum atomic E-state index is -1.68. The van der Waals surface area contributed by atoms with Gasteiger partial charge in [-0.05, 0) is 12.5 Å². The standard InChI is InChI=1S/C22H25N3O6/c1-15(24-31-22(2,21(27)28)17-11-6-5-7-12-17)30-14-16-10-8-9-13-18(16)19(25-29-4)20(26)23-3/h5-13H,14H2,1-4H3,(H,23,26)(H,27,28). The van der Waals surface area contributed by atoms with Crippen molar-refractivity contribution in [2.24, 2.45) is 10.3 Å². The largest absolute Gasteiger partial charge is 0.478 e. The number of amides is 1. The van der Waals surface area contributed by atoms with Gasteiger partial charge in [0.25, 0.3) is 11.5 Å². The van der Waals surface area contributed by atoms with Crippen molar-refractivity contribution in [2.45, 2.75) is 26.1 Å². The van der Waals surface area contributed by atoms with Gasteiger partial charge in [-0.3, -0.25) is 4.79 Å². The Kier molecular flexibility index (Phi) is 8.13. The highest BCUT2D eigenvalue weighted by atomic mass is 16.7. The molecule has 0 aliphatic carbocycles. The molecule has 164 valence electrons. The Hall–Kier alpha value is -3.88. The summed E-state index contributed by atoms with van der Waals surface area (Å²) in [6.45, 7) is 3.00. The fraction of sp³-hybridized carbons (Fsp3) is 0.273. The van der Waals surface area contributed by atoms with Gasteiger partial charge in [0, 0.05) is 25.1 Å². The van der Waals surface area contributed by atoms with E-state index in [1.54, 1.807) is 61.5 Å². The molecular formula is C22H25N3O6. The Balaban J connectivity index is 2.18. The fourth-order valence-corrected chi connectivity index (χ4v) is 2.64. The lowest BCUT2D eigenvalue weighted by molar-refractivity contribution is -0.165. The van der Waals surface area contributed by atoms with Gasteiger partial charge in [-0.1, -0.05) is 64.9 Å². The molecule has 1 unspecified atom stereocenters. The van der Waals surface area contributed by atoms with Crippen molar-refractivity contribution in [1.82, 2.24) is 5.32 Å². The monoisotopic (exact) mass is 427 g/mol. The summed E-state index contributed by atoms with van der Waals surface area (Å²) in [6, 6.07) is 15.5. The van der Waals surface area contributed by atoms with Crippen molar-refractivity contribution in [1.29, 1.82) is 0 Å². The van der Waals surface area contributed by atoms with Crippen LogP contribution >= 0.6 is 0 Å². The molecule has 31 heavy (non-hydrogen) atoms. The minimum Gasteiger partial charge on any atom is -0.478 e. The van der Waals surface area contributed by atoms with E-state index in [0.717, 1.165) is 0 Å². The number of aliphatic carboxylic acids is 1. The van der Waals surface area contributed by atoms with Gasteiger partial charge in [0.1, 0.15) is 13.7 Å². The molecule has 1 amide bonds. The summed E-state index contributed by atoms with van der Waals surface area (Å²) in [4.78, 5) is 34.1. The van der Waals surface area contributed by atoms with Crippen molar-refractivity contribution < 1.29 is 29.1 Å². The normalized spacial score (nSPS) is 13.7. The van der Waals surface area contributed by atoms with Gasteiger partial charge in [0.2, 0.25) is 5.90 Å². The average molecular weight is 427 g/mol. The summed E-state index contributed by atoms with van der Waals surface area (Å²) in [7, 11) is 2.84. The number of nitrogens with zero attached hydrogens (tertiary/aromatic N) is 2. The third-order valence-corrected chi connectivity index (χ3v) is 4.42. The molecule has 0 saturated carbocycles. The topological polar surface area (TPSA) is 119 Å². The molecule has 0 heterocycles. The molecule has 0 aliphatic heterocycles. The van der Waals surface area contributed by atoms with E-state index in [4.69, 9.17) is 14.4 Å². The van der Waals surface area contributed by atoms with Crippen LogP contribution in [0.4, 0.5) is 0 Å². The van der Waals surface area contributed by atoms with Crippen LogP contribution in [0.1, 0.15) is 30.5 Å². The number of rotatable bonds is 9. The molecule has 0 fully saturated rings. The van der Waals surface area contributed by atoms with E-state index in [1.807, 2.05) is 0 Å². The van der Waals surface area contributed by atoms with Crippen LogP contribution < -0.4 is 5.32 Å². The number of benzene rings is 2. The number of ether oxygens (including phenoxy) is 1. The zero-order chi connectivity index (χ0) is 22.9. The van der Waals surface area contributed by atoms with Gasteiger partial charge in [-0.2, -0.15) is 0 Å². The predicted molar refractivity (Wildman–Crippen MR) is 114 cm³/mol. The Labute approximate surface area is 180 Å². The molecular weight excluding hydrogens is 402 g/mol. The van der Waals surface area contributed by atoms with Crippen LogP contribution in [0.2, 0.25) is 0 Å². The summed E-state index contributed by atoms with van der Waals surface area (Å²) >= 11 is 0. The summed E-state index contributed by atoms with van der Waals surface area (Å²) in [5, 5.41) is 19.8. The number of likely N-dealkylation sites (N-methyl/N-ethyl adjacent to an activating group) is 1. The number of carbonyl (C=O) groups excluding carboxylic acids is 1. The van der Waals surface area contributed by atoms with E-state index in [1.165, 1.54) is 21.1 Å². The Morgan fingerprint density at radius 3 is 2.32 bits per heavy atom. The van der Waals surface area contributed by atoms with Crippen LogP contribution in [0.5, 0.6) is 0 Å². The molecule has 1 atom stereocenters. The van der Waals surface area contributed by atoms with Gasteiger partial charge in [0.15, 0.2) is 5.71 Å². The molecule has 2 aromatic carbocycles. The van der Waals surface area contributed by atoms with Crippen LogP contribution in [-0.2, 0) is 36.2 Å². The summed E-state index contributed by atoms with van der Waals surface area (Å²) in [5.41, 5.74) is 0.0342. The zero-order valence-electron chi connectivity index (χ0n) is 17.8. The molecule has 2 rings (SSSR count). The maximum absolute atomic E-state index is 12.1. The van der Waals surface area contributed by atoms with E-state index >= 15 is 0 Å². The Morgan fingerprint density at radius 2 is 1.71 bits per heavy atom. The molecule has 9 heteroatoms. The molecule has 9 nitrogen and oxygen atoms in total. The third-order valence-electron chi connectivity index (χ3n) is 4.42. The van der Waals surface area contributed by atoms with Crippen LogP contribution in [0, 0.1) is 0 Å². The maximum atomic E-state index is 12.1. The van der Waals surface area contributed by atoms with Gasteiger partial charge >= 0.3 is 5.97 Å². The lowest BCUT2D eigenvalue weighted by Gasteiger charge is -2.23. The number of carbonyl (C=O) groups is 2. The SMILES string of the molecule is CNC(=O)C(=NOC)c1ccccc1COC(C)=NOC(C)(C(=O)O)c1ccccc1.